The molecular formula is C44H57N4O6+. The highest BCUT2D eigenvalue weighted by Gasteiger charge is 2.44. The lowest BCUT2D eigenvalue weighted by Crippen LogP contribution is -2.39. The van der Waals surface area contributed by atoms with Crippen LogP contribution in [0.2, 0.25) is 0 Å². The fourth-order valence-corrected chi connectivity index (χ4v) is 7.94. The Hall–Kier alpha value is -4.86. The molecule has 3 aliphatic rings. The fraction of sp³-hybridized carbons (Fsp3) is 0.500. The van der Waals surface area contributed by atoms with E-state index < -0.39 is 23.8 Å². The van der Waals surface area contributed by atoms with Crippen LogP contribution in [0.4, 0.5) is 11.4 Å². The Bertz CT molecular complexity index is 1840. The van der Waals surface area contributed by atoms with Crippen molar-refractivity contribution >= 4 is 46.6 Å². The molecular weight excluding hydrogens is 681 g/mol. The average Bonchev–Trinajstić information content (AvgIpc) is 3.65. The fourth-order valence-electron chi connectivity index (χ4n) is 7.94. The summed E-state index contributed by atoms with van der Waals surface area (Å²) in [5, 5.41) is 3.34. The molecule has 2 aromatic carbocycles. The molecule has 0 aliphatic carbocycles. The zero-order valence-electron chi connectivity index (χ0n) is 32.9. The Morgan fingerprint density at radius 2 is 1.56 bits per heavy atom. The first-order chi connectivity index (χ1) is 25.8. The topological polar surface area (TPSA) is 116 Å². The van der Waals surface area contributed by atoms with Gasteiger partial charge in [0.25, 0.3) is 11.8 Å². The first kappa shape index (κ1) is 40.3. The molecule has 3 aliphatic heterocycles. The van der Waals surface area contributed by atoms with Gasteiger partial charge in [0.1, 0.15) is 6.54 Å². The molecule has 0 radical (unpaired) electrons. The van der Waals surface area contributed by atoms with Gasteiger partial charge in [-0.1, -0.05) is 69.7 Å². The number of ketones is 1. The van der Waals surface area contributed by atoms with Crippen LogP contribution in [0.3, 0.4) is 0 Å². The number of benzene rings is 2. The van der Waals surface area contributed by atoms with E-state index in [1.807, 2.05) is 0 Å². The largest absolute Gasteiger partial charge is 0.346 e. The molecule has 3 amide bonds. The van der Waals surface area contributed by atoms with E-state index in [1.54, 1.807) is 0 Å². The lowest BCUT2D eigenvalue weighted by molar-refractivity contribution is -0.438. The number of imide groups is 1. The van der Waals surface area contributed by atoms with Crippen LogP contribution in [0, 0.1) is 0 Å². The summed E-state index contributed by atoms with van der Waals surface area (Å²) in [7, 11) is 0. The number of fused-ring (bicyclic) bond motifs is 2. The first-order valence-electron chi connectivity index (χ1n) is 19.6. The third-order valence-electron chi connectivity index (χ3n) is 11.0. The van der Waals surface area contributed by atoms with Crippen molar-refractivity contribution in [1.82, 2.24) is 10.4 Å². The first-order valence-corrected chi connectivity index (χ1v) is 19.6. The Kier molecular flexibility index (Phi) is 13.1. The Labute approximate surface area is 320 Å². The zero-order chi connectivity index (χ0) is 39.0. The van der Waals surface area contributed by atoms with Gasteiger partial charge in [-0.3, -0.25) is 19.2 Å². The number of anilines is 1. The van der Waals surface area contributed by atoms with Gasteiger partial charge in [-0.2, -0.15) is 4.58 Å². The third kappa shape index (κ3) is 8.91. The minimum absolute atomic E-state index is 0.0255. The monoisotopic (exact) mass is 737 g/mol. The molecule has 3 heterocycles. The smallest absolute Gasteiger partial charge is 0.333 e. The molecule has 1 atom stereocenters. The standard InChI is InChI=1S/C44H56N4O6/c1-7-8-29-46-35-21-13-11-18-32(35)43(3,4)37(46)23-17-24-38-44(5,6)33-19-12-14-22-36(33)47(38)30-15-9-10-25-39(50)45-34(31(2)49)20-16-26-42(53)54-48-40(51)27-28-41(48)52/h11-14,17-19,21-24,34H,7-10,15-16,20,25-30H2,1-6H3/p+1. The Morgan fingerprint density at radius 1 is 0.870 bits per heavy atom. The van der Waals surface area contributed by atoms with E-state index in [9.17, 15) is 24.0 Å². The molecule has 10 nitrogen and oxygen atoms in total. The normalized spacial score (nSPS) is 18.4. The molecule has 1 saturated heterocycles. The summed E-state index contributed by atoms with van der Waals surface area (Å²) in [6.07, 6.45) is 12.3. The number of para-hydroxylation sites is 2. The third-order valence-corrected chi connectivity index (χ3v) is 11.0. The summed E-state index contributed by atoms with van der Waals surface area (Å²) in [5.74, 6) is -2.19. The van der Waals surface area contributed by atoms with Crippen LogP contribution >= 0.6 is 0 Å². The van der Waals surface area contributed by atoms with Crippen LogP contribution in [0.5, 0.6) is 0 Å². The van der Waals surface area contributed by atoms with Gasteiger partial charge >= 0.3 is 5.97 Å². The van der Waals surface area contributed by atoms with Gasteiger partial charge in [0.15, 0.2) is 11.5 Å². The number of carbonyl (C=O) groups excluding carboxylic acids is 5. The molecule has 54 heavy (non-hydrogen) atoms. The number of hydrogen-bond donors (Lipinski definition) is 1. The maximum Gasteiger partial charge on any atom is 0.333 e. The predicted octanol–water partition coefficient (Wildman–Crippen LogP) is 7.51. The minimum Gasteiger partial charge on any atom is -0.346 e. The quantitative estimate of drug-likeness (QED) is 0.0957. The summed E-state index contributed by atoms with van der Waals surface area (Å²) in [4.78, 5) is 68.0. The van der Waals surface area contributed by atoms with Crippen molar-refractivity contribution < 1.29 is 33.4 Å². The summed E-state index contributed by atoms with van der Waals surface area (Å²) < 4.78 is 2.43. The van der Waals surface area contributed by atoms with E-state index in [-0.39, 0.29) is 54.6 Å². The van der Waals surface area contributed by atoms with Gasteiger partial charge in [0, 0.05) is 73.2 Å². The summed E-state index contributed by atoms with van der Waals surface area (Å²) in [6, 6.07) is 16.7. The number of rotatable bonds is 18. The maximum atomic E-state index is 12.8. The second kappa shape index (κ2) is 17.5. The van der Waals surface area contributed by atoms with Crippen molar-refractivity contribution in [1.29, 1.82) is 0 Å². The minimum atomic E-state index is -0.720. The number of nitrogens with one attached hydrogen (secondary N) is 1. The van der Waals surface area contributed by atoms with E-state index in [2.05, 4.69) is 116 Å². The van der Waals surface area contributed by atoms with Gasteiger partial charge in [-0.25, -0.2) is 4.79 Å². The number of Topliss-reactive ketones (excluding diaryl/α,β-unsaturated/α-hetero) is 1. The number of unbranched alkanes of at least 4 members (excludes halogenated alkanes) is 3. The van der Waals surface area contributed by atoms with E-state index in [0.717, 1.165) is 38.8 Å². The predicted molar refractivity (Wildman–Crippen MR) is 210 cm³/mol. The van der Waals surface area contributed by atoms with E-state index in [1.165, 1.54) is 40.8 Å². The summed E-state index contributed by atoms with van der Waals surface area (Å²) >= 11 is 0. The van der Waals surface area contributed by atoms with E-state index >= 15 is 0 Å². The Morgan fingerprint density at radius 3 is 2.26 bits per heavy atom. The van der Waals surface area contributed by atoms with Gasteiger partial charge in [-0.15, -0.1) is 5.06 Å². The Balaban J connectivity index is 1.18. The molecule has 1 N–H and O–H groups in total. The van der Waals surface area contributed by atoms with Crippen molar-refractivity contribution in [2.24, 2.45) is 0 Å². The second-order valence-electron chi connectivity index (χ2n) is 15.7. The van der Waals surface area contributed by atoms with Crippen LogP contribution in [0.15, 0.2) is 72.5 Å². The van der Waals surface area contributed by atoms with E-state index in [0.29, 0.717) is 17.9 Å². The highest BCUT2D eigenvalue weighted by molar-refractivity contribution is 6.03. The van der Waals surface area contributed by atoms with Gasteiger partial charge in [-0.05, 0) is 70.6 Å². The zero-order valence-corrected chi connectivity index (χ0v) is 32.9. The second-order valence-corrected chi connectivity index (χ2v) is 15.7. The SMILES string of the molecule is CCCCN1C(=CC=CC2=[N+](CCCCCC(=O)NC(CCCC(=O)ON3C(=O)CCC3=O)C(C)=O)c3ccccc3C2(C)C)C(C)(C)c2ccccc21. The molecule has 1 fully saturated rings. The van der Waals surface area contributed by atoms with Crippen LogP contribution in [-0.2, 0) is 39.6 Å². The molecule has 1 unspecified atom stereocenters. The maximum absolute atomic E-state index is 12.8. The molecule has 0 bridgehead atoms. The van der Waals surface area contributed by atoms with Crippen molar-refractivity contribution in [2.45, 2.75) is 129 Å². The summed E-state index contributed by atoms with van der Waals surface area (Å²) in [6.45, 7) is 14.7. The lowest BCUT2D eigenvalue weighted by Gasteiger charge is -2.27. The molecule has 5 rings (SSSR count). The number of hydrogen-bond acceptors (Lipinski definition) is 7. The average molecular weight is 738 g/mol. The number of carbonyl (C=O) groups is 5. The number of hydroxylamine groups is 2. The molecule has 10 heteroatoms. The molecule has 0 spiro atoms. The molecule has 2 aromatic rings. The van der Waals surface area contributed by atoms with Crippen LogP contribution in [0.1, 0.15) is 123 Å². The summed E-state index contributed by atoms with van der Waals surface area (Å²) in [5.41, 5.74) is 7.47. The van der Waals surface area contributed by atoms with Gasteiger partial charge < -0.3 is 15.1 Å². The van der Waals surface area contributed by atoms with Crippen LogP contribution in [-0.4, -0.2) is 64.0 Å². The number of amides is 3. The van der Waals surface area contributed by atoms with Crippen LogP contribution < -0.4 is 10.2 Å². The number of nitrogens with zero attached hydrogens (tertiary/aromatic N) is 3. The van der Waals surface area contributed by atoms with Crippen molar-refractivity contribution in [2.75, 3.05) is 18.0 Å². The van der Waals surface area contributed by atoms with Crippen molar-refractivity contribution in [3.05, 3.63) is 83.6 Å². The molecule has 0 aromatic heterocycles. The van der Waals surface area contributed by atoms with Gasteiger partial charge in [0.05, 0.1) is 11.5 Å². The van der Waals surface area contributed by atoms with Crippen molar-refractivity contribution in [3.8, 4) is 0 Å². The van der Waals surface area contributed by atoms with Gasteiger partial charge in [0.2, 0.25) is 11.6 Å². The molecule has 0 saturated carbocycles. The molecule has 288 valence electrons. The highest BCUT2D eigenvalue weighted by atomic mass is 16.7. The van der Waals surface area contributed by atoms with Crippen LogP contribution in [0.25, 0.3) is 0 Å². The van der Waals surface area contributed by atoms with E-state index in [4.69, 9.17) is 4.84 Å². The lowest BCUT2D eigenvalue weighted by atomic mass is 9.81. The van der Waals surface area contributed by atoms with Crippen molar-refractivity contribution in [3.63, 3.8) is 0 Å². The number of allylic oxidation sites excluding steroid dienone is 4. The highest BCUT2D eigenvalue weighted by Crippen LogP contribution is 2.48.